The van der Waals surface area contributed by atoms with Gasteiger partial charge in [-0.25, -0.2) is 0 Å². The number of thiophene rings is 1. The van der Waals surface area contributed by atoms with Gasteiger partial charge in [-0.3, -0.25) is 9.69 Å². The molecule has 5 nitrogen and oxygen atoms in total. The van der Waals surface area contributed by atoms with Crippen molar-refractivity contribution in [1.29, 1.82) is 5.26 Å². The van der Waals surface area contributed by atoms with Gasteiger partial charge in [-0.2, -0.15) is 5.26 Å². The summed E-state index contributed by atoms with van der Waals surface area (Å²) in [6, 6.07) is 3.50. The van der Waals surface area contributed by atoms with E-state index in [4.69, 9.17) is 10.00 Å². The summed E-state index contributed by atoms with van der Waals surface area (Å²) in [4.78, 5) is 14.5. The van der Waals surface area contributed by atoms with Crippen molar-refractivity contribution in [2.45, 2.75) is 25.1 Å². The van der Waals surface area contributed by atoms with Crippen molar-refractivity contribution in [2.75, 3.05) is 13.7 Å². The molecule has 6 heteroatoms. The lowest BCUT2D eigenvalue weighted by atomic mass is 10.2. The third kappa shape index (κ3) is 2.70. The molecule has 18 heavy (non-hydrogen) atoms. The van der Waals surface area contributed by atoms with Crippen LogP contribution in [-0.4, -0.2) is 41.8 Å². The summed E-state index contributed by atoms with van der Waals surface area (Å²) in [5.41, 5.74) is 0.629. The lowest BCUT2D eigenvalue weighted by Crippen LogP contribution is -2.36. The first-order valence-electron chi connectivity index (χ1n) is 5.61. The number of esters is 1. The lowest BCUT2D eigenvalue weighted by Gasteiger charge is -2.20. The average Bonchev–Trinajstić information content (AvgIpc) is 2.95. The van der Waals surface area contributed by atoms with Crippen molar-refractivity contribution in [2.24, 2.45) is 0 Å². The molecule has 0 unspecified atom stereocenters. The average molecular weight is 266 g/mol. The summed E-state index contributed by atoms with van der Waals surface area (Å²) >= 11 is 1.49. The second kappa shape index (κ2) is 5.48. The Kier molecular flexibility index (Phi) is 3.97. The van der Waals surface area contributed by atoms with Crippen LogP contribution in [0.15, 0.2) is 11.4 Å². The standard InChI is InChI=1S/C12H14N2O3S/c1-17-12(16)11-3-9(15)5-14(11)6-10-2-8(4-13)7-18-10/h2,7,9,11,15H,3,5-6H2,1H3/t9-,11+/m0/s1. The highest BCUT2D eigenvalue weighted by molar-refractivity contribution is 7.10. The zero-order chi connectivity index (χ0) is 13.1. The first-order valence-corrected chi connectivity index (χ1v) is 6.49. The number of carbonyl (C=O) groups excluding carboxylic acids is 1. The van der Waals surface area contributed by atoms with Crippen LogP contribution in [0.5, 0.6) is 0 Å². The topological polar surface area (TPSA) is 73.6 Å². The normalized spacial score (nSPS) is 23.8. The zero-order valence-corrected chi connectivity index (χ0v) is 10.8. The summed E-state index contributed by atoms with van der Waals surface area (Å²) < 4.78 is 4.74. The van der Waals surface area contributed by atoms with E-state index in [1.807, 2.05) is 11.0 Å². The van der Waals surface area contributed by atoms with E-state index in [-0.39, 0.29) is 5.97 Å². The number of hydrogen-bond donors (Lipinski definition) is 1. The third-order valence-corrected chi connectivity index (χ3v) is 3.92. The molecule has 1 aromatic heterocycles. The van der Waals surface area contributed by atoms with Gasteiger partial charge in [-0.15, -0.1) is 11.3 Å². The quantitative estimate of drug-likeness (QED) is 0.816. The molecule has 0 aromatic carbocycles. The predicted octanol–water partition coefficient (Wildman–Crippen LogP) is 0.728. The molecule has 0 aliphatic carbocycles. The summed E-state index contributed by atoms with van der Waals surface area (Å²) in [5.74, 6) is -0.316. The van der Waals surface area contributed by atoms with Gasteiger partial charge in [0, 0.05) is 29.8 Å². The number of aliphatic hydroxyl groups is 1. The highest BCUT2D eigenvalue weighted by Crippen LogP contribution is 2.24. The van der Waals surface area contributed by atoms with Crippen LogP contribution in [0.25, 0.3) is 0 Å². The highest BCUT2D eigenvalue weighted by atomic mass is 32.1. The Hall–Kier alpha value is -1.42. The summed E-state index contributed by atoms with van der Waals surface area (Å²) in [6.45, 7) is 1.02. The summed E-state index contributed by atoms with van der Waals surface area (Å²) in [7, 11) is 1.35. The van der Waals surface area contributed by atoms with Crippen LogP contribution in [0.2, 0.25) is 0 Å². The number of likely N-dealkylation sites (tertiary alicyclic amines) is 1. The van der Waals surface area contributed by atoms with E-state index in [1.165, 1.54) is 18.4 Å². The fourth-order valence-corrected chi connectivity index (χ4v) is 2.99. The van der Waals surface area contributed by atoms with Crippen LogP contribution in [-0.2, 0) is 16.1 Å². The van der Waals surface area contributed by atoms with Crippen molar-refractivity contribution in [3.05, 3.63) is 21.9 Å². The SMILES string of the molecule is COC(=O)[C@H]1C[C@H](O)CN1Cc1cc(C#N)cs1. The minimum atomic E-state index is -0.496. The van der Waals surface area contributed by atoms with Gasteiger partial charge in [0.15, 0.2) is 0 Å². The van der Waals surface area contributed by atoms with Gasteiger partial charge in [-0.1, -0.05) is 0 Å². The Morgan fingerprint density at radius 1 is 1.78 bits per heavy atom. The van der Waals surface area contributed by atoms with E-state index < -0.39 is 12.1 Å². The molecule has 2 atom stereocenters. The second-order valence-corrected chi connectivity index (χ2v) is 5.27. The summed E-state index contributed by atoms with van der Waals surface area (Å²) in [6.07, 6.45) is -0.0899. The van der Waals surface area contributed by atoms with Gasteiger partial charge < -0.3 is 9.84 Å². The number of rotatable bonds is 3. The number of β-amino-alcohol motifs (C(OH)–C–C–N with tert-alkyl or cyclic N) is 1. The number of nitrogens with zero attached hydrogens (tertiary/aromatic N) is 2. The fourth-order valence-electron chi connectivity index (χ4n) is 2.16. The molecule has 1 aliphatic heterocycles. The number of hydrogen-bond acceptors (Lipinski definition) is 6. The monoisotopic (exact) mass is 266 g/mol. The second-order valence-electron chi connectivity index (χ2n) is 4.27. The summed E-state index contributed by atoms with van der Waals surface area (Å²) in [5, 5.41) is 20.2. The molecule has 1 N–H and O–H groups in total. The molecule has 1 aliphatic rings. The van der Waals surface area contributed by atoms with Gasteiger partial charge in [0.2, 0.25) is 0 Å². The number of nitriles is 1. The third-order valence-electron chi connectivity index (χ3n) is 3.00. The fraction of sp³-hybridized carbons (Fsp3) is 0.500. The van der Waals surface area contributed by atoms with Gasteiger partial charge in [0.1, 0.15) is 12.1 Å². The lowest BCUT2D eigenvalue weighted by molar-refractivity contribution is -0.146. The molecule has 0 amide bonds. The maximum absolute atomic E-state index is 11.6. The Labute approximate surface area is 109 Å². The van der Waals surface area contributed by atoms with E-state index in [0.29, 0.717) is 25.1 Å². The van der Waals surface area contributed by atoms with Crippen LogP contribution in [0.4, 0.5) is 0 Å². The Morgan fingerprint density at radius 3 is 3.17 bits per heavy atom. The minimum absolute atomic E-state index is 0.316. The Balaban J connectivity index is 2.07. The maximum atomic E-state index is 11.6. The number of methoxy groups -OCH3 is 1. The molecule has 0 bridgehead atoms. The minimum Gasteiger partial charge on any atom is -0.468 e. The molecule has 1 fully saturated rings. The van der Waals surface area contributed by atoms with Crippen molar-refractivity contribution < 1.29 is 14.6 Å². The van der Waals surface area contributed by atoms with Crippen LogP contribution in [0, 0.1) is 11.3 Å². The number of ether oxygens (including phenoxy) is 1. The molecular weight excluding hydrogens is 252 g/mol. The number of aliphatic hydroxyl groups excluding tert-OH is 1. The molecule has 2 rings (SSSR count). The van der Waals surface area contributed by atoms with E-state index in [1.54, 1.807) is 5.38 Å². The number of carbonyl (C=O) groups is 1. The molecule has 2 heterocycles. The smallest absolute Gasteiger partial charge is 0.323 e. The van der Waals surface area contributed by atoms with Crippen LogP contribution in [0.1, 0.15) is 16.9 Å². The molecule has 96 valence electrons. The van der Waals surface area contributed by atoms with Crippen LogP contribution >= 0.6 is 11.3 Å². The zero-order valence-electron chi connectivity index (χ0n) is 10.00. The molecule has 1 aromatic rings. The Morgan fingerprint density at radius 2 is 2.56 bits per heavy atom. The molecule has 0 saturated carbocycles. The van der Waals surface area contributed by atoms with Gasteiger partial charge >= 0.3 is 5.97 Å². The van der Waals surface area contributed by atoms with Crippen LogP contribution < -0.4 is 0 Å². The van der Waals surface area contributed by atoms with E-state index in [0.717, 1.165) is 4.88 Å². The largest absolute Gasteiger partial charge is 0.468 e. The van der Waals surface area contributed by atoms with E-state index in [9.17, 15) is 9.90 Å². The van der Waals surface area contributed by atoms with Gasteiger partial charge in [0.05, 0.1) is 18.8 Å². The predicted molar refractivity (Wildman–Crippen MR) is 65.9 cm³/mol. The van der Waals surface area contributed by atoms with Crippen molar-refractivity contribution in [3.63, 3.8) is 0 Å². The van der Waals surface area contributed by atoms with Gasteiger partial charge in [0.25, 0.3) is 0 Å². The highest BCUT2D eigenvalue weighted by Gasteiger charge is 2.36. The molecule has 1 saturated heterocycles. The van der Waals surface area contributed by atoms with Crippen molar-refractivity contribution in [3.8, 4) is 6.07 Å². The van der Waals surface area contributed by atoms with Gasteiger partial charge in [-0.05, 0) is 6.07 Å². The van der Waals surface area contributed by atoms with Crippen LogP contribution in [0.3, 0.4) is 0 Å². The maximum Gasteiger partial charge on any atom is 0.323 e. The van der Waals surface area contributed by atoms with Crippen molar-refractivity contribution in [1.82, 2.24) is 4.90 Å². The van der Waals surface area contributed by atoms with E-state index in [2.05, 4.69) is 6.07 Å². The first kappa shape index (κ1) is 13.0. The van der Waals surface area contributed by atoms with Crippen molar-refractivity contribution >= 4 is 17.3 Å². The molecular formula is C12H14N2O3S. The first-order chi connectivity index (χ1) is 8.63. The molecule has 0 spiro atoms. The Bertz CT molecular complexity index is 480. The van der Waals surface area contributed by atoms with E-state index >= 15 is 0 Å². The molecule has 0 radical (unpaired) electrons.